The maximum Gasteiger partial charge on any atom is -0.0351 e. The summed E-state index contributed by atoms with van der Waals surface area (Å²) in [6.07, 6.45) is 17.0. The lowest BCUT2D eigenvalue weighted by Crippen LogP contribution is -1.98. The topological polar surface area (TPSA) is 0 Å². The van der Waals surface area contributed by atoms with Crippen LogP contribution in [0, 0.1) is 5.92 Å². The first-order chi connectivity index (χ1) is 7.35. The highest BCUT2D eigenvalue weighted by atomic mass is 14.1. The first kappa shape index (κ1) is 14.7. The molecule has 0 aliphatic heterocycles. The van der Waals surface area contributed by atoms with Gasteiger partial charge >= 0.3 is 0 Å². The fraction of sp³-hybridized carbons (Fsp3) is 0.867. The van der Waals surface area contributed by atoms with Crippen LogP contribution in [0.25, 0.3) is 0 Å². The van der Waals surface area contributed by atoms with E-state index >= 15 is 0 Å². The largest absolute Gasteiger partial charge is 0.0888 e. The molecular formula is C15H30. The van der Waals surface area contributed by atoms with E-state index in [-0.39, 0.29) is 0 Å². The summed E-state index contributed by atoms with van der Waals surface area (Å²) in [4.78, 5) is 0. The van der Waals surface area contributed by atoms with E-state index in [0.717, 1.165) is 5.92 Å². The SMILES string of the molecule is CCC=CCCCC(CC)CCCCC. The normalized spacial score (nSPS) is 13.5. The molecule has 0 aliphatic carbocycles. The highest BCUT2D eigenvalue weighted by Gasteiger charge is 2.04. The van der Waals surface area contributed by atoms with Gasteiger partial charge in [-0.3, -0.25) is 0 Å². The Morgan fingerprint density at radius 3 is 2.20 bits per heavy atom. The highest BCUT2D eigenvalue weighted by Crippen LogP contribution is 2.19. The van der Waals surface area contributed by atoms with Crippen molar-refractivity contribution in [3.8, 4) is 0 Å². The molecule has 0 heterocycles. The first-order valence-corrected chi connectivity index (χ1v) is 7.00. The maximum absolute atomic E-state index is 2.35. The van der Waals surface area contributed by atoms with Crippen LogP contribution < -0.4 is 0 Å². The van der Waals surface area contributed by atoms with Crippen LogP contribution in [-0.2, 0) is 0 Å². The smallest absolute Gasteiger partial charge is 0.0351 e. The lowest BCUT2D eigenvalue weighted by molar-refractivity contribution is 0.407. The summed E-state index contributed by atoms with van der Waals surface area (Å²) in [5.74, 6) is 0.992. The molecule has 0 aromatic heterocycles. The molecule has 15 heavy (non-hydrogen) atoms. The van der Waals surface area contributed by atoms with E-state index in [9.17, 15) is 0 Å². The molecular weight excluding hydrogens is 180 g/mol. The fourth-order valence-corrected chi connectivity index (χ4v) is 2.04. The van der Waals surface area contributed by atoms with Crippen LogP contribution in [0.2, 0.25) is 0 Å². The van der Waals surface area contributed by atoms with Gasteiger partial charge in [0.2, 0.25) is 0 Å². The van der Waals surface area contributed by atoms with E-state index in [0.29, 0.717) is 0 Å². The van der Waals surface area contributed by atoms with Gasteiger partial charge in [0.1, 0.15) is 0 Å². The summed E-state index contributed by atoms with van der Waals surface area (Å²) in [5.41, 5.74) is 0. The fourth-order valence-electron chi connectivity index (χ4n) is 2.04. The Morgan fingerprint density at radius 2 is 1.60 bits per heavy atom. The van der Waals surface area contributed by atoms with E-state index in [1.807, 2.05) is 0 Å². The van der Waals surface area contributed by atoms with Crippen molar-refractivity contribution in [2.75, 3.05) is 0 Å². The molecule has 0 fully saturated rings. The summed E-state index contributed by atoms with van der Waals surface area (Å²) in [6.45, 7) is 6.84. The summed E-state index contributed by atoms with van der Waals surface area (Å²) in [7, 11) is 0. The third kappa shape index (κ3) is 10.0. The molecule has 0 nitrogen and oxygen atoms in total. The van der Waals surface area contributed by atoms with Crippen LogP contribution in [-0.4, -0.2) is 0 Å². The zero-order valence-electron chi connectivity index (χ0n) is 11.1. The molecule has 0 aromatic rings. The van der Waals surface area contributed by atoms with Crippen LogP contribution in [0.15, 0.2) is 12.2 Å². The Balaban J connectivity index is 3.39. The predicted octanol–water partition coefficient (Wildman–Crippen LogP) is 5.73. The zero-order valence-corrected chi connectivity index (χ0v) is 11.1. The van der Waals surface area contributed by atoms with E-state index in [4.69, 9.17) is 0 Å². The van der Waals surface area contributed by atoms with Crippen LogP contribution in [0.3, 0.4) is 0 Å². The number of unbranched alkanes of at least 4 members (excludes halogenated alkanes) is 3. The standard InChI is InChI=1S/C15H30/c1-4-7-9-10-12-14-15(6-3)13-11-8-5-2/h7,9,15H,4-6,8,10-14H2,1-3H3. The van der Waals surface area contributed by atoms with Gasteiger partial charge in [-0.2, -0.15) is 0 Å². The van der Waals surface area contributed by atoms with E-state index in [2.05, 4.69) is 32.9 Å². The number of allylic oxidation sites excluding steroid dienone is 2. The van der Waals surface area contributed by atoms with E-state index in [1.165, 1.54) is 57.8 Å². The first-order valence-electron chi connectivity index (χ1n) is 7.00. The minimum Gasteiger partial charge on any atom is -0.0888 e. The molecule has 0 bridgehead atoms. The molecule has 0 saturated heterocycles. The molecule has 0 N–H and O–H groups in total. The van der Waals surface area contributed by atoms with Gasteiger partial charge in [0.05, 0.1) is 0 Å². The van der Waals surface area contributed by atoms with Crippen LogP contribution in [0.5, 0.6) is 0 Å². The summed E-state index contributed by atoms with van der Waals surface area (Å²) in [5, 5.41) is 0. The molecule has 1 atom stereocenters. The molecule has 0 aliphatic rings. The lowest BCUT2D eigenvalue weighted by atomic mass is 9.93. The van der Waals surface area contributed by atoms with Gasteiger partial charge in [0, 0.05) is 0 Å². The highest BCUT2D eigenvalue weighted by molar-refractivity contribution is 4.80. The Morgan fingerprint density at radius 1 is 0.867 bits per heavy atom. The van der Waals surface area contributed by atoms with Crippen molar-refractivity contribution >= 4 is 0 Å². The summed E-state index contributed by atoms with van der Waals surface area (Å²) >= 11 is 0. The van der Waals surface area contributed by atoms with Crippen molar-refractivity contribution < 1.29 is 0 Å². The number of hydrogen-bond donors (Lipinski definition) is 0. The van der Waals surface area contributed by atoms with Gasteiger partial charge in [-0.25, -0.2) is 0 Å². The van der Waals surface area contributed by atoms with Crippen LogP contribution >= 0.6 is 0 Å². The minimum atomic E-state index is 0.992. The zero-order chi connectivity index (χ0) is 11.4. The Bertz CT molecular complexity index is 135. The van der Waals surface area contributed by atoms with Crippen molar-refractivity contribution in [1.29, 1.82) is 0 Å². The Hall–Kier alpha value is -0.260. The molecule has 90 valence electrons. The van der Waals surface area contributed by atoms with Crippen molar-refractivity contribution in [3.63, 3.8) is 0 Å². The molecule has 0 radical (unpaired) electrons. The summed E-state index contributed by atoms with van der Waals surface area (Å²) in [6, 6.07) is 0. The molecule has 1 unspecified atom stereocenters. The predicted molar refractivity (Wildman–Crippen MR) is 71.2 cm³/mol. The second kappa shape index (κ2) is 11.8. The Kier molecular flexibility index (Phi) is 11.6. The molecule has 0 amide bonds. The van der Waals surface area contributed by atoms with Gasteiger partial charge in [0.15, 0.2) is 0 Å². The van der Waals surface area contributed by atoms with E-state index in [1.54, 1.807) is 0 Å². The van der Waals surface area contributed by atoms with Gasteiger partial charge in [-0.05, 0) is 25.2 Å². The van der Waals surface area contributed by atoms with Crippen molar-refractivity contribution in [1.82, 2.24) is 0 Å². The molecule has 0 aromatic carbocycles. The van der Waals surface area contributed by atoms with Crippen LogP contribution in [0.1, 0.15) is 78.6 Å². The van der Waals surface area contributed by atoms with Gasteiger partial charge < -0.3 is 0 Å². The lowest BCUT2D eigenvalue weighted by Gasteiger charge is -2.13. The third-order valence-electron chi connectivity index (χ3n) is 3.18. The molecule has 0 rings (SSSR count). The summed E-state index contributed by atoms with van der Waals surface area (Å²) < 4.78 is 0. The van der Waals surface area contributed by atoms with Gasteiger partial charge in [-0.1, -0.05) is 71.4 Å². The average Bonchev–Trinajstić information content (AvgIpc) is 2.26. The quantitative estimate of drug-likeness (QED) is 0.319. The molecule has 0 heteroatoms. The number of rotatable bonds is 10. The Labute approximate surface area is 97.2 Å². The van der Waals surface area contributed by atoms with Gasteiger partial charge in [-0.15, -0.1) is 0 Å². The second-order valence-electron chi connectivity index (χ2n) is 4.58. The third-order valence-corrected chi connectivity index (χ3v) is 3.18. The molecule has 0 spiro atoms. The maximum atomic E-state index is 2.35. The second-order valence-corrected chi connectivity index (χ2v) is 4.58. The van der Waals surface area contributed by atoms with Crippen molar-refractivity contribution in [2.45, 2.75) is 78.6 Å². The minimum absolute atomic E-state index is 0.992. The monoisotopic (exact) mass is 210 g/mol. The molecule has 0 saturated carbocycles. The van der Waals surface area contributed by atoms with E-state index < -0.39 is 0 Å². The van der Waals surface area contributed by atoms with Gasteiger partial charge in [0.25, 0.3) is 0 Å². The van der Waals surface area contributed by atoms with Crippen molar-refractivity contribution in [2.24, 2.45) is 5.92 Å². The average molecular weight is 210 g/mol. The number of hydrogen-bond acceptors (Lipinski definition) is 0. The van der Waals surface area contributed by atoms with Crippen molar-refractivity contribution in [3.05, 3.63) is 12.2 Å². The van der Waals surface area contributed by atoms with Crippen LogP contribution in [0.4, 0.5) is 0 Å².